The van der Waals surface area contributed by atoms with E-state index in [4.69, 9.17) is 9.47 Å². The number of rotatable bonds is 28. The zero-order valence-electron chi connectivity index (χ0n) is 29.3. The fraction of sp³-hybridized carbons (Fsp3) is 0.763. The molecule has 1 fully saturated rings. The highest BCUT2D eigenvalue weighted by atomic mass is 16.7. The molecule has 47 heavy (non-hydrogen) atoms. The number of hydrogen-bond donors (Lipinski definition) is 6. The van der Waals surface area contributed by atoms with Crippen LogP contribution in [0.4, 0.5) is 0 Å². The molecule has 0 aromatic heterocycles. The molecule has 7 unspecified atom stereocenters. The molecule has 272 valence electrons. The normalized spacial score (nSPS) is 23.4. The summed E-state index contributed by atoms with van der Waals surface area (Å²) in [4.78, 5) is 12.8. The fourth-order valence-corrected chi connectivity index (χ4v) is 5.40. The first kappa shape index (κ1) is 43.2. The molecule has 0 saturated carbocycles. The van der Waals surface area contributed by atoms with Crippen LogP contribution in [0.5, 0.6) is 0 Å². The molecule has 7 atom stereocenters. The molecule has 0 aromatic rings. The number of aliphatic hydroxyl groups excluding tert-OH is 5. The molecule has 6 N–H and O–H groups in total. The van der Waals surface area contributed by atoms with E-state index in [9.17, 15) is 30.3 Å². The summed E-state index contributed by atoms with van der Waals surface area (Å²) in [5.41, 5.74) is 0. The third-order valence-corrected chi connectivity index (χ3v) is 8.41. The van der Waals surface area contributed by atoms with Gasteiger partial charge in [0.05, 0.1) is 25.4 Å². The van der Waals surface area contributed by atoms with Gasteiger partial charge in [-0.3, -0.25) is 4.79 Å². The topological polar surface area (TPSA) is 149 Å². The van der Waals surface area contributed by atoms with Crippen LogP contribution in [0.2, 0.25) is 0 Å². The van der Waals surface area contributed by atoms with E-state index in [1.807, 2.05) is 6.08 Å². The van der Waals surface area contributed by atoms with Gasteiger partial charge in [0.25, 0.3) is 0 Å². The quantitative estimate of drug-likeness (QED) is 0.0445. The molecular weight excluding hydrogens is 598 g/mol. The molecule has 1 amide bonds. The van der Waals surface area contributed by atoms with Crippen LogP contribution in [0.15, 0.2) is 48.6 Å². The minimum Gasteiger partial charge on any atom is -0.394 e. The number of unbranched alkanes of at least 4 members (excludes halogenated alkanes) is 12. The number of nitrogens with one attached hydrogen (secondary N) is 1. The highest BCUT2D eigenvalue weighted by Crippen LogP contribution is 2.22. The number of carbonyl (C=O) groups is 1. The lowest BCUT2D eigenvalue weighted by Gasteiger charge is -2.40. The first-order valence-electron chi connectivity index (χ1n) is 18.4. The maximum Gasteiger partial charge on any atom is 0.220 e. The number of hydrogen-bond acceptors (Lipinski definition) is 8. The minimum absolute atomic E-state index is 0.198. The first-order chi connectivity index (χ1) is 22.8. The average molecular weight is 666 g/mol. The van der Waals surface area contributed by atoms with Crippen LogP contribution < -0.4 is 5.32 Å². The Balaban J connectivity index is 2.47. The van der Waals surface area contributed by atoms with Crippen LogP contribution in [0.3, 0.4) is 0 Å². The fourth-order valence-electron chi connectivity index (χ4n) is 5.40. The third kappa shape index (κ3) is 21.0. The van der Waals surface area contributed by atoms with Crippen molar-refractivity contribution in [1.29, 1.82) is 0 Å². The van der Waals surface area contributed by atoms with Crippen LogP contribution in [0.25, 0.3) is 0 Å². The predicted octanol–water partition coefficient (Wildman–Crippen LogP) is 5.94. The van der Waals surface area contributed by atoms with E-state index in [1.54, 1.807) is 6.08 Å². The smallest absolute Gasteiger partial charge is 0.220 e. The summed E-state index contributed by atoms with van der Waals surface area (Å²) in [5.74, 6) is -0.201. The number of allylic oxidation sites excluding steroid dienone is 7. The van der Waals surface area contributed by atoms with Crippen molar-refractivity contribution < 1.29 is 39.8 Å². The van der Waals surface area contributed by atoms with Gasteiger partial charge >= 0.3 is 0 Å². The second kappa shape index (κ2) is 29.1. The second-order valence-corrected chi connectivity index (χ2v) is 12.6. The van der Waals surface area contributed by atoms with Crippen molar-refractivity contribution in [1.82, 2.24) is 5.32 Å². The number of carbonyl (C=O) groups excluding carboxylic acids is 1. The average Bonchev–Trinajstić information content (AvgIpc) is 3.07. The van der Waals surface area contributed by atoms with Gasteiger partial charge in [-0.15, -0.1) is 0 Å². The van der Waals surface area contributed by atoms with Gasteiger partial charge in [0.2, 0.25) is 5.91 Å². The van der Waals surface area contributed by atoms with Gasteiger partial charge in [-0.25, -0.2) is 0 Å². The number of aliphatic hydroxyl groups is 5. The zero-order chi connectivity index (χ0) is 34.5. The summed E-state index contributed by atoms with van der Waals surface area (Å²) in [6, 6.07) is -0.811. The lowest BCUT2D eigenvalue weighted by atomic mass is 9.99. The Bertz CT molecular complexity index is 874. The van der Waals surface area contributed by atoms with E-state index in [2.05, 4.69) is 55.6 Å². The van der Waals surface area contributed by atoms with E-state index in [0.717, 1.165) is 77.0 Å². The molecular formula is C38H67NO8. The summed E-state index contributed by atoms with van der Waals surface area (Å²) in [7, 11) is 0. The van der Waals surface area contributed by atoms with E-state index < -0.39 is 49.5 Å². The Morgan fingerprint density at radius 1 is 0.745 bits per heavy atom. The largest absolute Gasteiger partial charge is 0.394 e. The molecule has 0 aliphatic carbocycles. The van der Waals surface area contributed by atoms with Crippen molar-refractivity contribution in [2.75, 3.05) is 13.2 Å². The molecule has 1 saturated heterocycles. The van der Waals surface area contributed by atoms with Crippen molar-refractivity contribution in [2.24, 2.45) is 0 Å². The second-order valence-electron chi connectivity index (χ2n) is 12.6. The van der Waals surface area contributed by atoms with Crippen LogP contribution in [0, 0.1) is 0 Å². The molecule has 0 bridgehead atoms. The zero-order valence-corrected chi connectivity index (χ0v) is 29.3. The van der Waals surface area contributed by atoms with E-state index >= 15 is 0 Å². The van der Waals surface area contributed by atoms with Crippen molar-refractivity contribution in [3.63, 3.8) is 0 Å². The van der Waals surface area contributed by atoms with Gasteiger partial charge in [-0.1, -0.05) is 120 Å². The summed E-state index contributed by atoms with van der Waals surface area (Å²) < 4.78 is 11.1. The summed E-state index contributed by atoms with van der Waals surface area (Å²) in [5, 5.41) is 53.7. The standard InChI is InChI=1S/C38H67NO8/c1-3-5-7-9-11-13-14-15-16-17-18-20-22-24-26-28-34(42)39-31(32(41)27-25-23-21-19-12-10-8-6-4-2)30-46-38-37(45)36(44)35(43)33(29-40)47-38/h5,7,11,13,15-16,25,27,31-33,35-38,40-41,43-45H,3-4,6,8-10,12,14,17-24,26,28-30H2,1-2H3,(H,39,42)/b7-5-,13-11-,16-15-,27-25+. The molecule has 0 aromatic carbocycles. The van der Waals surface area contributed by atoms with E-state index in [1.165, 1.54) is 32.1 Å². The molecule has 9 heteroatoms. The number of amides is 1. The molecule has 1 aliphatic heterocycles. The van der Waals surface area contributed by atoms with Gasteiger partial charge < -0.3 is 40.3 Å². The minimum atomic E-state index is -1.57. The summed E-state index contributed by atoms with van der Waals surface area (Å²) in [6.07, 6.45) is 27.3. The lowest BCUT2D eigenvalue weighted by molar-refractivity contribution is -0.302. The van der Waals surface area contributed by atoms with E-state index in [0.29, 0.717) is 6.42 Å². The first-order valence-corrected chi connectivity index (χ1v) is 18.4. The number of ether oxygens (including phenoxy) is 2. The molecule has 1 rings (SSSR count). The van der Waals surface area contributed by atoms with Crippen LogP contribution in [-0.2, 0) is 14.3 Å². The maximum atomic E-state index is 12.8. The lowest BCUT2D eigenvalue weighted by Crippen LogP contribution is -2.60. The van der Waals surface area contributed by atoms with Crippen molar-refractivity contribution in [2.45, 2.75) is 172 Å². The van der Waals surface area contributed by atoms with Gasteiger partial charge in [-0.05, 0) is 51.4 Å². The molecule has 0 radical (unpaired) electrons. The Labute approximate surface area is 284 Å². The Morgan fingerprint density at radius 2 is 1.32 bits per heavy atom. The van der Waals surface area contributed by atoms with E-state index in [-0.39, 0.29) is 12.5 Å². The van der Waals surface area contributed by atoms with Crippen molar-refractivity contribution in [3.05, 3.63) is 48.6 Å². The molecule has 1 heterocycles. The highest BCUT2D eigenvalue weighted by Gasteiger charge is 2.44. The Kier molecular flexibility index (Phi) is 26.7. The monoisotopic (exact) mass is 665 g/mol. The van der Waals surface area contributed by atoms with Crippen molar-refractivity contribution >= 4 is 5.91 Å². The van der Waals surface area contributed by atoms with Crippen LogP contribution in [-0.4, -0.2) is 87.5 Å². The Hall–Kier alpha value is -1.85. The van der Waals surface area contributed by atoms with Gasteiger partial charge in [0.1, 0.15) is 24.4 Å². The van der Waals surface area contributed by atoms with Crippen LogP contribution >= 0.6 is 0 Å². The molecule has 0 spiro atoms. The highest BCUT2D eigenvalue weighted by molar-refractivity contribution is 5.76. The predicted molar refractivity (Wildman–Crippen MR) is 189 cm³/mol. The maximum absolute atomic E-state index is 12.8. The molecule has 1 aliphatic rings. The third-order valence-electron chi connectivity index (χ3n) is 8.41. The summed E-state index contributed by atoms with van der Waals surface area (Å²) in [6.45, 7) is 3.58. The van der Waals surface area contributed by atoms with Crippen molar-refractivity contribution in [3.8, 4) is 0 Å². The SMILES string of the molecule is CC/C=C\C/C=C\C/C=C\CCCCCCCC(=O)NC(COC1OC(CO)C(O)C(O)C1O)C(O)/C=C/CCCCCCCCC. The Morgan fingerprint density at radius 3 is 1.96 bits per heavy atom. The summed E-state index contributed by atoms with van der Waals surface area (Å²) >= 11 is 0. The van der Waals surface area contributed by atoms with Gasteiger partial charge in [0.15, 0.2) is 6.29 Å². The van der Waals surface area contributed by atoms with Gasteiger partial charge in [-0.2, -0.15) is 0 Å². The molecule has 9 nitrogen and oxygen atoms in total. The van der Waals surface area contributed by atoms with Crippen LogP contribution in [0.1, 0.15) is 129 Å². The van der Waals surface area contributed by atoms with Gasteiger partial charge in [0, 0.05) is 6.42 Å².